The molecule has 0 spiro atoms. The molecule has 0 bridgehead atoms. The van der Waals surface area contributed by atoms with Gasteiger partial charge in [0.2, 0.25) is 0 Å². The summed E-state index contributed by atoms with van der Waals surface area (Å²) < 4.78 is 26.7. The normalized spacial score (nSPS) is 18.1. The summed E-state index contributed by atoms with van der Waals surface area (Å²) in [5.74, 6) is -0.821. The van der Waals surface area contributed by atoms with Crippen molar-refractivity contribution in [3.63, 3.8) is 0 Å². The summed E-state index contributed by atoms with van der Waals surface area (Å²) in [7, 11) is 0. The Hall–Kier alpha value is -0.670. The SMILES string of the molecule is Fc1cc(C2CCNCC2)c(F)cc1Cl. The number of benzene rings is 1. The van der Waals surface area contributed by atoms with Crippen molar-refractivity contribution in [1.29, 1.82) is 0 Å². The summed E-state index contributed by atoms with van der Waals surface area (Å²) in [6.07, 6.45) is 1.69. The van der Waals surface area contributed by atoms with Crippen molar-refractivity contribution < 1.29 is 8.78 Å². The summed E-state index contributed by atoms with van der Waals surface area (Å²) in [5, 5.41) is 3.04. The summed E-state index contributed by atoms with van der Waals surface area (Å²) in [6.45, 7) is 1.71. The highest BCUT2D eigenvalue weighted by atomic mass is 35.5. The van der Waals surface area contributed by atoms with Crippen LogP contribution in [0.25, 0.3) is 0 Å². The zero-order valence-electron chi connectivity index (χ0n) is 8.19. The molecular formula is C11H12ClF2N. The molecule has 1 saturated heterocycles. The summed E-state index contributed by atoms with van der Waals surface area (Å²) in [5.41, 5.74) is 0.457. The molecule has 1 N–H and O–H groups in total. The van der Waals surface area contributed by atoms with E-state index in [0.29, 0.717) is 5.56 Å². The van der Waals surface area contributed by atoms with E-state index in [2.05, 4.69) is 5.32 Å². The zero-order valence-corrected chi connectivity index (χ0v) is 8.95. The van der Waals surface area contributed by atoms with Crippen LogP contribution in [0, 0.1) is 11.6 Å². The van der Waals surface area contributed by atoms with E-state index in [-0.39, 0.29) is 10.9 Å². The number of halogens is 3. The second-order valence-electron chi connectivity index (χ2n) is 3.81. The van der Waals surface area contributed by atoms with Gasteiger partial charge in [-0.05, 0) is 49.5 Å². The van der Waals surface area contributed by atoms with Gasteiger partial charge in [-0.3, -0.25) is 0 Å². The predicted octanol–water partition coefficient (Wildman–Crippen LogP) is 3.09. The van der Waals surface area contributed by atoms with E-state index in [1.54, 1.807) is 0 Å². The molecule has 4 heteroatoms. The molecule has 0 aromatic heterocycles. The fourth-order valence-electron chi connectivity index (χ4n) is 1.98. The lowest BCUT2D eigenvalue weighted by molar-refractivity contribution is 0.442. The number of nitrogens with one attached hydrogen (secondary N) is 1. The third kappa shape index (κ3) is 2.29. The molecule has 82 valence electrons. The number of rotatable bonds is 1. The molecule has 1 nitrogen and oxygen atoms in total. The van der Waals surface area contributed by atoms with Crippen LogP contribution in [0.15, 0.2) is 12.1 Å². The van der Waals surface area contributed by atoms with E-state index in [1.165, 1.54) is 6.07 Å². The summed E-state index contributed by atoms with van der Waals surface area (Å²) >= 11 is 5.50. The van der Waals surface area contributed by atoms with Crippen LogP contribution < -0.4 is 5.32 Å². The molecular weight excluding hydrogens is 220 g/mol. The van der Waals surface area contributed by atoms with E-state index >= 15 is 0 Å². The Morgan fingerprint density at radius 2 is 1.80 bits per heavy atom. The molecule has 1 aromatic rings. The van der Waals surface area contributed by atoms with Crippen LogP contribution in [0.3, 0.4) is 0 Å². The molecule has 15 heavy (non-hydrogen) atoms. The maximum atomic E-state index is 13.5. The molecule has 1 aromatic carbocycles. The monoisotopic (exact) mass is 231 g/mol. The van der Waals surface area contributed by atoms with E-state index in [4.69, 9.17) is 11.6 Å². The Balaban J connectivity index is 2.30. The minimum atomic E-state index is -0.536. The third-order valence-electron chi connectivity index (χ3n) is 2.82. The van der Waals surface area contributed by atoms with Crippen molar-refractivity contribution in [2.75, 3.05) is 13.1 Å². The molecule has 0 radical (unpaired) electrons. The van der Waals surface area contributed by atoms with Gasteiger partial charge in [0.25, 0.3) is 0 Å². The van der Waals surface area contributed by atoms with Gasteiger partial charge in [0.15, 0.2) is 0 Å². The first kappa shape index (κ1) is 10.8. The molecule has 0 unspecified atom stereocenters. The van der Waals surface area contributed by atoms with E-state index < -0.39 is 11.6 Å². The van der Waals surface area contributed by atoms with Gasteiger partial charge in [-0.1, -0.05) is 11.6 Å². The smallest absolute Gasteiger partial charge is 0.142 e. The molecule has 1 aliphatic rings. The van der Waals surface area contributed by atoms with Crippen LogP contribution >= 0.6 is 11.6 Å². The van der Waals surface area contributed by atoms with Crippen molar-refractivity contribution in [2.45, 2.75) is 18.8 Å². The van der Waals surface area contributed by atoms with Gasteiger partial charge < -0.3 is 5.32 Å². The van der Waals surface area contributed by atoms with Crippen molar-refractivity contribution in [2.24, 2.45) is 0 Å². The first-order valence-corrected chi connectivity index (χ1v) is 5.41. The second kappa shape index (κ2) is 4.45. The van der Waals surface area contributed by atoms with Crippen LogP contribution in [0.5, 0.6) is 0 Å². The molecule has 0 amide bonds. The highest BCUT2D eigenvalue weighted by Gasteiger charge is 2.20. The standard InChI is InChI=1S/C11H12ClF2N/c12-9-6-10(13)8(5-11(9)14)7-1-3-15-4-2-7/h5-7,15H,1-4H2. The zero-order chi connectivity index (χ0) is 10.8. The largest absolute Gasteiger partial charge is 0.317 e. The first-order chi connectivity index (χ1) is 7.18. The van der Waals surface area contributed by atoms with Crippen LogP contribution in [-0.4, -0.2) is 13.1 Å². The quantitative estimate of drug-likeness (QED) is 0.733. The van der Waals surface area contributed by atoms with Gasteiger partial charge in [0.05, 0.1) is 5.02 Å². The fourth-order valence-corrected chi connectivity index (χ4v) is 2.13. The predicted molar refractivity (Wildman–Crippen MR) is 56.2 cm³/mol. The maximum absolute atomic E-state index is 13.5. The molecule has 2 rings (SSSR count). The van der Waals surface area contributed by atoms with E-state index in [0.717, 1.165) is 32.0 Å². The van der Waals surface area contributed by atoms with Gasteiger partial charge in [0.1, 0.15) is 11.6 Å². The lowest BCUT2D eigenvalue weighted by Crippen LogP contribution is -2.27. The van der Waals surface area contributed by atoms with Gasteiger partial charge in [-0.2, -0.15) is 0 Å². The maximum Gasteiger partial charge on any atom is 0.142 e. The fraction of sp³-hybridized carbons (Fsp3) is 0.455. The first-order valence-electron chi connectivity index (χ1n) is 5.03. The van der Waals surface area contributed by atoms with Gasteiger partial charge in [0, 0.05) is 0 Å². The lowest BCUT2D eigenvalue weighted by atomic mass is 9.90. The van der Waals surface area contributed by atoms with Crippen molar-refractivity contribution in [3.8, 4) is 0 Å². The lowest BCUT2D eigenvalue weighted by Gasteiger charge is -2.23. The molecule has 1 heterocycles. The average molecular weight is 232 g/mol. The minimum Gasteiger partial charge on any atom is -0.317 e. The Bertz CT molecular complexity index is 362. The Morgan fingerprint density at radius 3 is 2.47 bits per heavy atom. The van der Waals surface area contributed by atoms with Crippen molar-refractivity contribution >= 4 is 11.6 Å². The van der Waals surface area contributed by atoms with Crippen LogP contribution in [0.4, 0.5) is 8.78 Å². The number of hydrogen-bond acceptors (Lipinski definition) is 1. The van der Waals surface area contributed by atoms with E-state index in [9.17, 15) is 8.78 Å². The van der Waals surface area contributed by atoms with Crippen LogP contribution in [0.1, 0.15) is 24.3 Å². The van der Waals surface area contributed by atoms with Gasteiger partial charge >= 0.3 is 0 Å². The molecule has 0 saturated carbocycles. The van der Waals surface area contributed by atoms with Gasteiger partial charge in [-0.25, -0.2) is 8.78 Å². The second-order valence-corrected chi connectivity index (χ2v) is 4.22. The summed E-state index contributed by atoms with van der Waals surface area (Å²) in [4.78, 5) is 0. The number of hydrogen-bond donors (Lipinski definition) is 1. The Kier molecular flexibility index (Phi) is 3.22. The topological polar surface area (TPSA) is 12.0 Å². The summed E-state index contributed by atoms with van der Waals surface area (Å²) in [6, 6.07) is 2.29. The molecule has 0 atom stereocenters. The van der Waals surface area contributed by atoms with Crippen molar-refractivity contribution in [3.05, 3.63) is 34.4 Å². The van der Waals surface area contributed by atoms with Gasteiger partial charge in [-0.15, -0.1) is 0 Å². The highest BCUT2D eigenvalue weighted by molar-refractivity contribution is 6.30. The highest BCUT2D eigenvalue weighted by Crippen LogP contribution is 2.30. The molecule has 1 aliphatic heterocycles. The van der Waals surface area contributed by atoms with Crippen molar-refractivity contribution in [1.82, 2.24) is 5.32 Å². The number of piperidine rings is 1. The minimum absolute atomic E-state index is 0.109. The Labute approximate surface area is 92.4 Å². The Morgan fingerprint density at radius 1 is 1.13 bits per heavy atom. The average Bonchev–Trinajstić information content (AvgIpc) is 2.25. The third-order valence-corrected chi connectivity index (χ3v) is 3.11. The van der Waals surface area contributed by atoms with Crippen LogP contribution in [-0.2, 0) is 0 Å². The molecule has 0 aliphatic carbocycles. The molecule has 1 fully saturated rings. The van der Waals surface area contributed by atoms with Crippen LogP contribution in [0.2, 0.25) is 5.02 Å². The van der Waals surface area contributed by atoms with E-state index in [1.807, 2.05) is 0 Å².